The molecular weight excluding hydrogens is 198 g/mol. The van der Waals surface area contributed by atoms with Crippen molar-refractivity contribution < 1.29 is 4.79 Å². The number of nitrogens with one attached hydrogen (secondary N) is 1. The van der Waals surface area contributed by atoms with Crippen LogP contribution in [0.5, 0.6) is 0 Å². The standard InChI is InChI=1S/C9H13N3OS/c1-6-5-11-8(14-6)12-7(13)9(10)3-2-4-9/h5H,2-4,10H2,1H3,(H,11,12,13). The summed E-state index contributed by atoms with van der Waals surface area (Å²) in [5.74, 6) is -0.0990. The van der Waals surface area contributed by atoms with Crippen molar-refractivity contribution >= 4 is 22.4 Å². The molecule has 0 aliphatic heterocycles. The lowest BCUT2D eigenvalue weighted by molar-refractivity contribution is -0.123. The molecule has 76 valence electrons. The SMILES string of the molecule is Cc1cnc(NC(=O)C2(N)CCC2)s1. The zero-order chi connectivity index (χ0) is 10.2. The highest BCUT2D eigenvalue weighted by atomic mass is 32.1. The molecule has 0 aromatic carbocycles. The summed E-state index contributed by atoms with van der Waals surface area (Å²) in [6.45, 7) is 1.95. The molecule has 3 N–H and O–H groups in total. The number of anilines is 1. The average molecular weight is 211 g/mol. The Balaban J connectivity index is 2.01. The van der Waals surface area contributed by atoms with E-state index in [1.165, 1.54) is 11.3 Å². The molecule has 1 amide bonds. The number of nitrogens with two attached hydrogens (primary N) is 1. The van der Waals surface area contributed by atoms with Gasteiger partial charge in [0.15, 0.2) is 5.13 Å². The second kappa shape index (κ2) is 3.33. The van der Waals surface area contributed by atoms with Gasteiger partial charge in [-0.05, 0) is 26.2 Å². The Morgan fingerprint density at radius 3 is 2.86 bits per heavy atom. The van der Waals surface area contributed by atoms with Gasteiger partial charge in [0.1, 0.15) is 0 Å². The number of carbonyl (C=O) groups excluding carboxylic acids is 1. The van der Waals surface area contributed by atoms with Gasteiger partial charge in [-0.2, -0.15) is 0 Å². The Kier molecular flexibility index (Phi) is 2.28. The molecule has 1 aliphatic carbocycles. The number of hydrogen-bond donors (Lipinski definition) is 2. The van der Waals surface area contributed by atoms with Crippen molar-refractivity contribution in [3.8, 4) is 0 Å². The molecule has 1 aromatic heterocycles. The van der Waals surface area contributed by atoms with Crippen LogP contribution in [0.1, 0.15) is 24.1 Å². The van der Waals surface area contributed by atoms with Crippen LogP contribution in [0.25, 0.3) is 0 Å². The fourth-order valence-electron chi connectivity index (χ4n) is 1.42. The van der Waals surface area contributed by atoms with E-state index in [9.17, 15) is 4.79 Å². The summed E-state index contributed by atoms with van der Waals surface area (Å²) in [6, 6.07) is 0. The first kappa shape index (κ1) is 9.61. The summed E-state index contributed by atoms with van der Waals surface area (Å²) < 4.78 is 0. The van der Waals surface area contributed by atoms with Gasteiger partial charge in [-0.1, -0.05) is 0 Å². The molecule has 0 unspecified atom stereocenters. The largest absolute Gasteiger partial charge is 0.317 e. The van der Waals surface area contributed by atoms with Crippen LogP contribution in [0.2, 0.25) is 0 Å². The molecule has 1 aliphatic rings. The lowest BCUT2D eigenvalue weighted by Gasteiger charge is -2.35. The molecular formula is C9H13N3OS. The maximum atomic E-state index is 11.7. The van der Waals surface area contributed by atoms with E-state index < -0.39 is 5.54 Å². The highest BCUT2D eigenvalue weighted by Crippen LogP contribution is 2.30. The average Bonchev–Trinajstić information content (AvgIpc) is 2.47. The summed E-state index contributed by atoms with van der Waals surface area (Å²) in [6.07, 6.45) is 4.34. The van der Waals surface area contributed by atoms with Crippen LogP contribution in [0, 0.1) is 6.92 Å². The number of amides is 1. The molecule has 0 atom stereocenters. The summed E-state index contributed by atoms with van der Waals surface area (Å²) >= 11 is 1.47. The normalized spacial score (nSPS) is 18.7. The Labute approximate surface area is 86.5 Å². The molecule has 0 radical (unpaired) electrons. The van der Waals surface area contributed by atoms with E-state index in [2.05, 4.69) is 10.3 Å². The molecule has 2 rings (SSSR count). The third-order valence-corrected chi connectivity index (χ3v) is 3.37. The zero-order valence-corrected chi connectivity index (χ0v) is 8.86. The lowest BCUT2D eigenvalue weighted by atomic mass is 9.77. The van der Waals surface area contributed by atoms with Gasteiger partial charge in [0.25, 0.3) is 0 Å². The van der Waals surface area contributed by atoms with Crippen LogP contribution >= 0.6 is 11.3 Å². The molecule has 5 heteroatoms. The first-order valence-corrected chi connectivity index (χ1v) is 5.45. The molecule has 1 saturated carbocycles. The van der Waals surface area contributed by atoms with E-state index in [1.54, 1.807) is 6.20 Å². The van der Waals surface area contributed by atoms with Crippen molar-refractivity contribution in [3.05, 3.63) is 11.1 Å². The van der Waals surface area contributed by atoms with Gasteiger partial charge in [-0.3, -0.25) is 4.79 Å². The van der Waals surface area contributed by atoms with Crippen molar-refractivity contribution in [2.24, 2.45) is 5.73 Å². The quantitative estimate of drug-likeness (QED) is 0.774. The predicted molar refractivity (Wildman–Crippen MR) is 56.3 cm³/mol. The smallest absolute Gasteiger partial charge is 0.246 e. The zero-order valence-electron chi connectivity index (χ0n) is 8.04. The fraction of sp³-hybridized carbons (Fsp3) is 0.556. The van der Waals surface area contributed by atoms with Crippen LogP contribution in [-0.4, -0.2) is 16.4 Å². The van der Waals surface area contributed by atoms with Crippen molar-refractivity contribution in [1.82, 2.24) is 4.98 Å². The van der Waals surface area contributed by atoms with Crippen LogP contribution in [0.4, 0.5) is 5.13 Å². The topological polar surface area (TPSA) is 68.0 Å². The maximum Gasteiger partial charge on any atom is 0.246 e. The van der Waals surface area contributed by atoms with Gasteiger partial charge in [-0.15, -0.1) is 11.3 Å². The lowest BCUT2D eigenvalue weighted by Crippen LogP contribution is -2.56. The minimum atomic E-state index is -0.639. The summed E-state index contributed by atoms with van der Waals surface area (Å²) in [5, 5.41) is 3.39. The number of aryl methyl sites for hydroxylation is 1. The first-order valence-electron chi connectivity index (χ1n) is 4.63. The van der Waals surface area contributed by atoms with E-state index in [-0.39, 0.29) is 5.91 Å². The van der Waals surface area contributed by atoms with E-state index in [4.69, 9.17) is 5.73 Å². The van der Waals surface area contributed by atoms with Gasteiger partial charge in [0, 0.05) is 11.1 Å². The number of nitrogens with zero attached hydrogens (tertiary/aromatic N) is 1. The van der Waals surface area contributed by atoms with Crippen LogP contribution in [0.3, 0.4) is 0 Å². The maximum absolute atomic E-state index is 11.7. The Hall–Kier alpha value is -0.940. The van der Waals surface area contributed by atoms with E-state index >= 15 is 0 Å². The van der Waals surface area contributed by atoms with Crippen molar-refractivity contribution in [3.63, 3.8) is 0 Å². The van der Waals surface area contributed by atoms with Crippen molar-refractivity contribution in [2.45, 2.75) is 31.7 Å². The van der Waals surface area contributed by atoms with E-state index in [0.29, 0.717) is 5.13 Å². The van der Waals surface area contributed by atoms with Crippen LogP contribution in [0.15, 0.2) is 6.20 Å². The molecule has 4 nitrogen and oxygen atoms in total. The van der Waals surface area contributed by atoms with Crippen LogP contribution in [-0.2, 0) is 4.79 Å². The third kappa shape index (κ3) is 1.65. The number of rotatable bonds is 2. The Morgan fingerprint density at radius 2 is 2.43 bits per heavy atom. The van der Waals surface area contributed by atoms with E-state index in [1.807, 2.05) is 6.92 Å². The number of carbonyl (C=O) groups is 1. The Morgan fingerprint density at radius 1 is 1.71 bits per heavy atom. The van der Waals surface area contributed by atoms with E-state index in [0.717, 1.165) is 24.1 Å². The highest BCUT2D eigenvalue weighted by molar-refractivity contribution is 7.15. The van der Waals surface area contributed by atoms with Crippen molar-refractivity contribution in [2.75, 3.05) is 5.32 Å². The molecule has 1 fully saturated rings. The molecule has 1 heterocycles. The van der Waals surface area contributed by atoms with Gasteiger partial charge < -0.3 is 11.1 Å². The minimum absolute atomic E-state index is 0.0990. The molecule has 0 spiro atoms. The molecule has 0 saturated heterocycles. The minimum Gasteiger partial charge on any atom is -0.317 e. The Bertz CT molecular complexity index is 357. The second-order valence-corrected chi connectivity index (χ2v) is 4.97. The van der Waals surface area contributed by atoms with Gasteiger partial charge >= 0.3 is 0 Å². The highest BCUT2D eigenvalue weighted by Gasteiger charge is 2.40. The van der Waals surface area contributed by atoms with Crippen LogP contribution < -0.4 is 11.1 Å². The number of hydrogen-bond acceptors (Lipinski definition) is 4. The fourth-order valence-corrected chi connectivity index (χ4v) is 2.08. The second-order valence-electron chi connectivity index (χ2n) is 3.74. The summed E-state index contributed by atoms with van der Waals surface area (Å²) in [7, 11) is 0. The third-order valence-electron chi connectivity index (χ3n) is 2.54. The van der Waals surface area contributed by atoms with Gasteiger partial charge in [0.2, 0.25) is 5.91 Å². The molecule has 14 heavy (non-hydrogen) atoms. The van der Waals surface area contributed by atoms with Crippen molar-refractivity contribution in [1.29, 1.82) is 0 Å². The molecule has 0 bridgehead atoms. The molecule has 1 aromatic rings. The van der Waals surface area contributed by atoms with Gasteiger partial charge in [0.05, 0.1) is 5.54 Å². The number of aromatic nitrogens is 1. The predicted octanol–water partition coefficient (Wildman–Crippen LogP) is 1.27. The van der Waals surface area contributed by atoms with Gasteiger partial charge in [-0.25, -0.2) is 4.98 Å². The monoisotopic (exact) mass is 211 g/mol. The summed E-state index contributed by atoms with van der Waals surface area (Å²) in [4.78, 5) is 16.8. The number of thiazole rings is 1. The summed E-state index contributed by atoms with van der Waals surface area (Å²) in [5.41, 5.74) is 5.23. The first-order chi connectivity index (χ1) is 6.60.